The third-order valence-corrected chi connectivity index (χ3v) is 3.33. The first-order valence-electron chi connectivity index (χ1n) is 5.95. The first-order valence-corrected chi connectivity index (χ1v) is 5.95. The van der Waals surface area contributed by atoms with E-state index in [0.29, 0.717) is 11.1 Å². The molecule has 0 fully saturated rings. The van der Waals surface area contributed by atoms with E-state index in [2.05, 4.69) is 0 Å². The Kier molecular flexibility index (Phi) is 3.25. The normalized spacial score (nSPS) is 12.3. The second-order valence-electron chi connectivity index (χ2n) is 4.64. The van der Waals surface area contributed by atoms with Crippen LogP contribution in [0.15, 0.2) is 30.3 Å². The van der Waals surface area contributed by atoms with E-state index in [1.165, 1.54) is 0 Å². The van der Waals surface area contributed by atoms with Crippen molar-refractivity contribution < 1.29 is 20.4 Å². The minimum Gasteiger partial charge on any atom is -0.508 e. The van der Waals surface area contributed by atoms with Crippen molar-refractivity contribution in [1.29, 1.82) is 0 Å². The predicted octanol–water partition coefficient (Wildman–Crippen LogP) is 2.97. The van der Waals surface area contributed by atoms with Crippen LogP contribution in [-0.4, -0.2) is 20.4 Å². The van der Waals surface area contributed by atoms with Gasteiger partial charge in [0.05, 0.1) is 0 Å². The lowest BCUT2D eigenvalue weighted by molar-refractivity contribution is 0.362. The van der Waals surface area contributed by atoms with Crippen molar-refractivity contribution in [1.82, 2.24) is 0 Å². The predicted molar refractivity (Wildman–Crippen MR) is 71.8 cm³/mol. The van der Waals surface area contributed by atoms with E-state index in [1.54, 1.807) is 37.3 Å². The van der Waals surface area contributed by atoms with Crippen LogP contribution >= 0.6 is 0 Å². The Morgan fingerprint density at radius 2 is 1.42 bits per heavy atom. The van der Waals surface area contributed by atoms with Crippen LogP contribution < -0.4 is 0 Å². The van der Waals surface area contributed by atoms with Gasteiger partial charge in [0.25, 0.3) is 0 Å². The summed E-state index contributed by atoms with van der Waals surface area (Å²) in [5.74, 6) is -1.13. The maximum absolute atomic E-state index is 9.93. The fraction of sp³-hybridized carbons (Fsp3) is 0.200. The summed E-state index contributed by atoms with van der Waals surface area (Å²) in [6, 6.07) is 8.27. The number of hydrogen-bond acceptors (Lipinski definition) is 4. The highest BCUT2D eigenvalue weighted by molar-refractivity contribution is 5.59. The maximum atomic E-state index is 9.93. The van der Waals surface area contributed by atoms with Gasteiger partial charge in [0.2, 0.25) is 5.75 Å². The fourth-order valence-electron chi connectivity index (χ4n) is 2.08. The largest absolute Gasteiger partial charge is 0.508 e. The highest BCUT2D eigenvalue weighted by Crippen LogP contribution is 2.44. The molecule has 0 aliphatic heterocycles. The molecule has 2 rings (SSSR count). The van der Waals surface area contributed by atoms with E-state index in [4.69, 9.17) is 0 Å². The molecule has 0 radical (unpaired) electrons. The molecule has 0 aliphatic rings. The average molecular weight is 260 g/mol. The molecule has 0 saturated carbocycles. The Balaban J connectivity index is 2.50. The van der Waals surface area contributed by atoms with E-state index in [0.717, 1.165) is 5.56 Å². The van der Waals surface area contributed by atoms with Crippen molar-refractivity contribution in [3.63, 3.8) is 0 Å². The molecule has 4 nitrogen and oxygen atoms in total. The number of phenols is 4. The van der Waals surface area contributed by atoms with Gasteiger partial charge in [-0.1, -0.05) is 19.1 Å². The quantitative estimate of drug-likeness (QED) is 0.626. The molecule has 0 aliphatic carbocycles. The van der Waals surface area contributed by atoms with Gasteiger partial charge in [-0.2, -0.15) is 0 Å². The van der Waals surface area contributed by atoms with Crippen molar-refractivity contribution in [3.8, 4) is 23.0 Å². The molecule has 0 saturated heterocycles. The van der Waals surface area contributed by atoms with E-state index in [9.17, 15) is 20.4 Å². The number of hydrogen-bond donors (Lipinski definition) is 4. The van der Waals surface area contributed by atoms with Crippen LogP contribution in [0.1, 0.15) is 29.5 Å². The molecule has 2 aromatic rings. The summed E-state index contributed by atoms with van der Waals surface area (Å²) in [5.41, 5.74) is 1.91. The van der Waals surface area contributed by atoms with Crippen LogP contribution in [0, 0.1) is 6.92 Å². The molecule has 19 heavy (non-hydrogen) atoms. The number of benzene rings is 2. The number of rotatable bonds is 2. The van der Waals surface area contributed by atoms with Gasteiger partial charge < -0.3 is 20.4 Å². The summed E-state index contributed by atoms with van der Waals surface area (Å²) in [4.78, 5) is 0. The number of aryl methyl sites for hydroxylation is 1. The summed E-state index contributed by atoms with van der Waals surface area (Å²) >= 11 is 0. The Labute approximate surface area is 111 Å². The van der Waals surface area contributed by atoms with E-state index < -0.39 is 5.75 Å². The number of phenolic OH excluding ortho intramolecular Hbond substituents is 4. The van der Waals surface area contributed by atoms with Gasteiger partial charge in [0.1, 0.15) is 5.75 Å². The third kappa shape index (κ3) is 2.29. The Bertz CT molecular complexity index is 603. The Morgan fingerprint density at radius 3 is 2.00 bits per heavy atom. The molecule has 0 aromatic heterocycles. The summed E-state index contributed by atoms with van der Waals surface area (Å²) in [6.07, 6.45) is 0. The molecule has 100 valence electrons. The van der Waals surface area contributed by atoms with Gasteiger partial charge >= 0.3 is 0 Å². The third-order valence-electron chi connectivity index (χ3n) is 3.33. The lowest BCUT2D eigenvalue weighted by Gasteiger charge is -2.17. The first kappa shape index (κ1) is 13.1. The molecule has 0 spiro atoms. The summed E-state index contributed by atoms with van der Waals surface area (Å²) in [5, 5.41) is 38.4. The van der Waals surface area contributed by atoms with Crippen LogP contribution in [0.4, 0.5) is 0 Å². The average Bonchev–Trinajstić information content (AvgIpc) is 2.40. The summed E-state index contributed by atoms with van der Waals surface area (Å²) < 4.78 is 0. The van der Waals surface area contributed by atoms with E-state index in [1.807, 2.05) is 6.92 Å². The van der Waals surface area contributed by atoms with Crippen LogP contribution in [0.25, 0.3) is 0 Å². The fourth-order valence-corrected chi connectivity index (χ4v) is 2.08. The van der Waals surface area contributed by atoms with Crippen LogP contribution in [0.3, 0.4) is 0 Å². The second-order valence-corrected chi connectivity index (χ2v) is 4.64. The topological polar surface area (TPSA) is 80.9 Å². The molecule has 4 heteroatoms. The minimum absolute atomic E-state index is 0.171. The molecule has 0 heterocycles. The molecular weight excluding hydrogens is 244 g/mol. The van der Waals surface area contributed by atoms with E-state index in [-0.39, 0.29) is 23.2 Å². The van der Waals surface area contributed by atoms with Crippen molar-refractivity contribution in [2.45, 2.75) is 19.8 Å². The molecule has 0 bridgehead atoms. The lowest BCUT2D eigenvalue weighted by Crippen LogP contribution is -1.97. The van der Waals surface area contributed by atoms with Crippen LogP contribution in [-0.2, 0) is 0 Å². The zero-order valence-electron chi connectivity index (χ0n) is 10.8. The second kappa shape index (κ2) is 4.72. The standard InChI is InChI=1S/C15H16O4/c1-8-7-12(14(18)15(19)13(8)17)9(2)10-3-5-11(16)6-4-10/h3-7,9,16-19H,1-2H3. The lowest BCUT2D eigenvalue weighted by atomic mass is 9.91. The number of aromatic hydroxyl groups is 4. The van der Waals surface area contributed by atoms with Gasteiger partial charge in [-0.3, -0.25) is 0 Å². The van der Waals surface area contributed by atoms with Gasteiger partial charge in [-0.15, -0.1) is 0 Å². The maximum Gasteiger partial charge on any atom is 0.200 e. The van der Waals surface area contributed by atoms with Crippen molar-refractivity contribution in [3.05, 3.63) is 47.0 Å². The van der Waals surface area contributed by atoms with Crippen LogP contribution in [0.2, 0.25) is 0 Å². The Morgan fingerprint density at radius 1 is 0.842 bits per heavy atom. The smallest absolute Gasteiger partial charge is 0.200 e. The van der Waals surface area contributed by atoms with Gasteiger partial charge in [0, 0.05) is 11.5 Å². The molecule has 0 amide bonds. The van der Waals surface area contributed by atoms with Crippen molar-refractivity contribution in [2.24, 2.45) is 0 Å². The van der Waals surface area contributed by atoms with Gasteiger partial charge in [0.15, 0.2) is 11.5 Å². The molecular formula is C15H16O4. The highest BCUT2D eigenvalue weighted by Gasteiger charge is 2.19. The molecule has 1 unspecified atom stereocenters. The minimum atomic E-state index is -0.499. The van der Waals surface area contributed by atoms with Crippen molar-refractivity contribution >= 4 is 0 Å². The zero-order chi connectivity index (χ0) is 14.2. The molecule has 2 aromatic carbocycles. The monoisotopic (exact) mass is 260 g/mol. The van der Waals surface area contributed by atoms with E-state index >= 15 is 0 Å². The van der Waals surface area contributed by atoms with Crippen molar-refractivity contribution in [2.75, 3.05) is 0 Å². The molecule has 1 atom stereocenters. The van der Waals surface area contributed by atoms with Gasteiger partial charge in [-0.25, -0.2) is 0 Å². The highest BCUT2D eigenvalue weighted by atomic mass is 16.3. The SMILES string of the molecule is Cc1cc(C(C)c2ccc(O)cc2)c(O)c(O)c1O. The zero-order valence-corrected chi connectivity index (χ0v) is 10.8. The summed E-state index contributed by atoms with van der Waals surface area (Å²) in [6.45, 7) is 3.53. The summed E-state index contributed by atoms with van der Waals surface area (Å²) in [7, 11) is 0. The van der Waals surface area contributed by atoms with Gasteiger partial charge in [-0.05, 0) is 36.2 Å². The first-order chi connectivity index (χ1) is 8.91. The van der Waals surface area contributed by atoms with Crippen LogP contribution in [0.5, 0.6) is 23.0 Å². The Hall–Kier alpha value is -2.36. The molecule has 4 N–H and O–H groups in total.